The molecule has 0 aliphatic rings. The minimum absolute atomic E-state index is 0.141. The van der Waals surface area contributed by atoms with Crippen LogP contribution in [0, 0.1) is 0 Å². The van der Waals surface area contributed by atoms with E-state index in [2.05, 4.69) is 39.8 Å². The van der Waals surface area contributed by atoms with Gasteiger partial charge < -0.3 is 10.5 Å². The van der Waals surface area contributed by atoms with E-state index in [1.54, 1.807) is 0 Å². The van der Waals surface area contributed by atoms with Crippen LogP contribution in [-0.4, -0.2) is 12.1 Å². The standard InChI is InChI=1S/C15H25NO.C2H6/c1-5-6-13(11-16)12-7-9-14(10-8-12)17-15(2,3)4;1-2/h7-10,13H,5-6,11,16H2,1-4H3;1-2H3. The zero-order valence-electron chi connectivity index (χ0n) is 13.5. The lowest BCUT2D eigenvalue weighted by Crippen LogP contribution is -2.22. The van der Waals surface area contributed by atoms with Crippen molar-refractivity contribution in [2.45, 2.75) is 65.9 Å². The van der Waals surface area contributed by atoms with Crippen molar-refractivity contribution in [2.24, 2.45) is 5.73 Å². The number of benzene rings is 1. The van der Waals surface area contributed by atoms with Crippen molar-refractivity contribution in [3.05, 3.63) is 29.8 Å². The molecule has 0 amide bonds. The van der Waals surface area contributed by atoms with Crippen molar-refractivity contribution in [3.63, 3.8) is 0 Å². The molecule has 0 aliphatic carbocycles. The van der Waals surface area contributed by atoms with Gasteiger partial charge in [0.1, 0.15) is 11.4 Å². The van der Waals surface area contributed by atoms with Crippen molar-refractivity contribution in [3.8, 4) is 5.75 Å². The predicted octanol–water partition coefficient (Wildman–Crippen LogP) is 4.73. The van der Waals surface area contributed by atoms with Crippen LogP contribution in [0.15, 0.2) is 24.3 Å². The average molecular weight is 265 g/mol. The van der Waals surface area contributed by atoms with Crippen molar-refractivity contribution in [2.75, 3.05) is 6.54 Å². The molecule has 19 heavy (non-hydrogen) atoms. The van der Waals surface area contributed by atoms with Crippen molar-refractivity contribution in [1.82, 2.24) is 0 Å². The molecule has 0 aliphatic heterocycles. The zero-order chi connectivity index (χ0) is 14.9. The first-order chi connectivity index (χ1) is 8.96. The lowest BCUT2D eigenvalue weighted by molar-refractivity contribution is 0.131. The van der Waals surface area contributed by atoms with Gasteiger partial charge in [0.25, 0.3) is 0 Å². The van der Waals surface area contributed by atoms with E-state index in [0.29, 0.717) is 12.5 Å². The molecule has 0 saturated heterocycles. The highest BCUT2D eigenvalue weighted by atomic mass is 16.5. The molecule has 2 nitrogen and oxygen atoms in total. The Morgan fingerprint density at radius 3 is 2.00 bits per heavy atom. The number of ether oxygens (including phenoxy) is 1. The predicted molar refractivity (Wildman–Crippen MR) is 84.9 cm³/mol. The van der Waals surface area contributed by atoms with Gasteiger partial charge in [0, 0.05) is 0 Å². The van der Waals surface area contributed by atoms with Gasteiger partial charge >= 0.3 is 0 Å². The third-order valence-electron chi connectivity index (χ3n) is 2.70. The highest BCUT2D eigenvalue weighted by Crippen LogP contribution is 2.24. The van der Waals surface area contributed by atoms with Crippen LogP contribution < -0.4 is 10.5 Å². The minimum atomic E-state index is -0.141. The van der Waals surface area contributed by atoms with Gasteiger partial charge in [0.05, 0.1) is 0 Å². The molecule has 2 N–H and O–H groups in total. The summed E-state index contributed by atoms with van der Waals surface area (Å²) < 4.78 is 5.80. The van der Waals surface area contributed by atoms with Crippen LogP contribution in [0.4, 0.5) is 0 Å². The summed E-state index contributed by atoms with van der Waals surface area (Å²) in [5.41, 5.74) is 6.97. The van der Waals surface area contributed by atoms with Gasteiger partial charge in [-0.05, 0) is 57.4 Å². The Hall–Kier alpha value is -1.02. The average Bonchev–Trinajstić information content (AvgIpc) is 2.38. The monoisotopic (exact) mass is 265 g/mol. The maximum Gasteiger partial charge on any atom is 0.120 e. The second-order valence-corrected chi connectivity index (χ2v) is 5.50. The number of rotatable bonds is 5. The first-order valence-electron chi connectivity index (χ1n) is 7.45. The van der Waals surface area contributed by atoms with Gasteiger partial charge in [-0.15, -0.1) is 0 Å². The van der Waals surface area contributed by atoms with Crippen LogP contribution in [0.25, 0.3) is 0 Å². The first kappa shape index (κ1) is 18.0. The van der Waals surface area contributed by atoms with Gasteiger partial charge in [-0.3, -0.25) is 0 Å². The third kappa shape index (κ3) is 7.22. The summed E-state index contributed by atoms with van der Waals surface area (Å²) in [6, 6.07) is 8.35. The normalized spacial score (nSPS) is 12.4. The molecule has 0 aromatic heterocycles. The van der Waals surface area contributed by atoms with Crippen LogP contribution in [0.3, 0.4) is 0 Å². The molecule has 1 unspecified atom stereocenters. The fourth-order valence-corrected chi connectivity index (χ4v) is 1.93. The highest BCUT2D eigenvalue weighted by molar-refractivity contribution is 5.30. The fourth-order valence-electron chi connectivity index (χ4n) is 1.93. The van der Waals surface area contributed by atoms with E-state index in [0.717, 1.165) is 12.2 Å². The molecule has 2 heteroatoms. The third-order valence-corrected chi connectivity index (χ3v) is 2.70. The van der Waals surface area contributed by atoms with Gasteiger partial charge in [0.15, 0.2) is 0 Å². The van der Waals surface area contributed by atoms with Crippen LogP contribution in [0.1, 0.15) is 65.9 Å². The van der Waals surface area contributed by atoms with E-state index in [1.165, 1.54) is 12.0 Å². The highest BCUT2D eigenvalue weighted by Gasteiger charge is 2.13. The Morgan fingerprint density at radius 1 is 1.11 bits per heavy atom. The van der Waals surface area contributed by atoms with Crippen LogP contribution in [0.5, 0.6) is 5.75 Å². The number of nitrogens with two attached hydrogens (primary N) is 1. The van der Waals surface area contributed by atoms with Crippen molar-refractivity contribution in [1.29, 1.82) is 0 Å². The van der Waals surface area contributed by atoms with Gasteiger partial charge in [-0.1, -0.05) is 39.3 Å². The molecule has 0 heterocycles. The van der Waals surface area contributed by atoms with E-state index < -0.39 is 0 Å². The Kier molecular flexibility index (Phi) is 8.49. The number of hydrogen-bond acceptors (Lipinski definition) is 2. The molecule has 0 bridgehead atoms. The second-order valence-electron chi connectivity index (χ2n) is 5.50. The summed E-state index contributed by atoms with van der Waals surface area (Å²) in [7, 11) is 0. The smallest absolute Gasteiger partial charge is 0.120 e. The molecular formula is C17H31NO. The topological polar surface area (TPSA) is 35.2 Å². The summed E-state index contributed by atoms with van der Waals surface area (Å²) in [4.78, 5) is 0. The summed E-state index contributed by atoms with van der Waals surface area (Å²) in [6.45, 7) is 13.1. The summed E-state index contributed by atoms with van der Waals surface area (Å²) >= 11 is 0. The van der Waals surface area contributed by atoms with Gasteiger partial charge in [-0.25, -0.2) is 0 Å². The lowest BCUT2D eigenvalue weighted by atomic mass is 9.95. The zero-order valence-corrected chi connectivity index (χ0v) is 13.5. The molecule has 0 saturated carbocycles. The summed E-state index contributed by atoms with van der Waals surface area (Å²) in [6.07, 6.45) is 2.32. The largest absolute Gasteiger partial charge is 0.488 e. The van der Waals surface area contributed by atoms with E-state index >= 15 is 0 Å². The summed E-state index contributed by atoms with van der Waals surface area (Å²) in [5.74, 6) is 1.40. The van der Waals surface area contributed by atoms with Crippen molar-refractivity contribution >= 4 is 0 Å². The van der Waals surface area contributed by atoms with Crippen LogP contribution in [-0.2, 0) is 0 Å². The SMILES string of the molecule is CC.CCCC(CN)c1ccc(OC(C)(C)C)cc1. The van der Waals surface area contributed by atoms with Crippen molar-refractivity contribution < 1.29 is 4.74 Å². The fraction of sp³-hybridized carbons (Fsp3) is 0.647. The minimum Gasteiger partial charge on any atom is -0.488 e. The molecule has 1 aromatic carbocycles. The lowest BCUT2D eigenvalue weighted by Gasteiger charge is -2.22. The Morgan fingerprint density at radius 2 is 1.63 bits per heavy atom. The maximum absolute atomic E-state index is 5.80. The summed E-state index contributed by atoms with van der Waals surface area (Å²) in [5, 5.41) is 0. The van der Waals surface area contributed by atoms with Crippen LogP contribution >= 0.6 is 0 Å². The second kappa shape index (κ2) is 8.98. The van der Waals surface area contributed by atoms with Gasteiger partial charge in [-0.2, -0.15) is 0 Å². The quantitative estimate of drug-likeness (QED) is 0.835. The molecule has 110 valence electrons. The molecule has 0 fully saturated rings. The molecular weight excluding hydrogens is 234 g/mol. The molecule has 0 spiro atoms. The van der Waals surface area contributed by atoms with E-state index in [-0.39, 0.29) is 5.60 Å². The van der Waals surface area contributed by atoms with Gasteiger partial charge in [0.2, 0.25) is 0 Å². The Labute approximate surface area is 119 Å². The first-order valence-corrected chi connectivity index (χ1v) is 7.45. The molecule has 0 radical (unpaired) electrons. The Bertz CT molecular complexity index is 324. The van der Waals surface area contributed by atoms with E-state index in [4.69, 9.17) is 10.5 Å². The maximum atomic E-state index is 5.80. The van der Waals surface area contributed by atoms with E-state index in [1.807, 2.05) is 26.0 Å². The molecule has 1 aromatic rings. The van der Waals surface area contributed by atoms with Crippen LogP contribution in [0.2, 0.25) is 0 Å². The number of hydrogen-bond donors (Lipinski definition) is 1. The van der Waals surface area contributed by atoms with E-state index in [9.17, 15) is 0 Å². The molecule has 1 atom stereocenters. The molecule has 1 rings (SSSR count). The Balaban J connectivity index is 0.00000154.